The second kappa shape index (κ2) is 6.69. The molecule has 2 fully saturated rings. The van der Waals surface area contributed by atoms with Gasteiger partial charge in [0, 0.05) is 17.6 Å². The van der Waals surface area contributed by atoms with Gasteiger partial charge < -0.3 is 10.2 Å². The van der Waals surface area contributed by atoms with Crippen LogP contribution in [0, 0.1) is 0 Å². The van der Waals surface area contributed by atoms with Crippen LogP contribution in [0.3, 0.4) is 0 Å². The van der Waals surface area contributed by atoms with E-state index in [9.17, 15) is 4.79 Å². The Bertz CT molecular complexity index is 482. The third-order valence-electron chi connectivity index (χ3n) is 4.70. The number of hydrogen-bond donors (Lipinski definition) is 1. The molecule has 114 valence electrons. The third kappa shape index (κ3) is 3.52. The van der Waals surface area contributed by atoms with Crippen LogP contribution in [0.2, 0.25) is 5.02 Å². The highest BCUT2D eigenvalue weighted by atomic mass is 35.5. The molecule has 0 radical (unpaired) electrons. The van der Waals surface area contributed by atoms with Gasteiger partial charge in [-0.15, -0.1) is 0 Å². The van der Waals surface area contributed by atoms with Crippen LogP contribution < -0.4 is 5.32 Å². The fourth-order valence-corrected chi connectivity index (χ4v) is 3.67. The van der Waals surface area contributed by atoms with E-state index in [4.69, 9.17) is 11.6 Å². The summed E-state index contributed by atoms with van der Waals surface area (Å²) >= 11 is 5.95. The van der Waals surface area contributed by atoms with Crippen LogP contribution >= 0.6 is 11.6 Å². The monoisotopic (exact) mass is 306 g/mol. The summed E-state index contributed by atoms with van der Waals surface area (Å²) in [7, 11) is 0. The van der Waals surface area contributed by atoms with Crippen molar-refractivity contribution in [2.45, 2.75) is 57.0 Å². The molecule has 4 heteroatoms. The number of amides is 2. The van der Waals surface area contributed by atoms with Crippen molar-refractivity contribution in [1.82, 2.24) is 10.2 Å². The molecule has 1 saturated carbocycles. The standard InChI is InChI=1S/C17H23ClN2O/c18-14-10-8-13(9-11-14)16-7-4-12-20(16)17(21)19-15-5-2-1-3-6-15/h8-11,15-16H,1-7,12H2,(H,19,21)/t16-/m1/s1. The first-order valence-corrected chi connectivity index (χ1v) is 8.44. The van der Waals surface area contributed by atoms with E-state index in [2.05, 4.69) is 5.32 Å². The second-order valence-corrected chi connectivity index (χ2v) is 6.62. The quantitative estimate of drug-likeness (QED) is 0.856. The normalized spacial score (nSPS) is 23.3. The van der Waals surface area contributed by atoms with Crippen molar-refractivity contribution in [3.63, 3.8) is 0 Å². The van der Waals surface area contributed by atoms with Crippen LogP contribution in [0.5, 0.6) is 0 Å². The molecule has 2 amide bonds. The molecule has 1 heterocycles. The number of carbonyl (C=O) groups excluding carboxylic acids is 1. The lowest BCUT2D eigenvalue weighted by molar-refractivity contribution is 0.185. The number of benzene rings is 1. The van der Waals surface area contributed by atoms with Crippen LogP contribution in [0.4, 0.5) is 4.79 Å². The molecule has 1 aliphatic carbocycles. The highest BCUT2D eigenvalue weighted by Gasteiger charge is 2.31. The van der Waals surface area contributed by atoms with Gasteiger partial charge in [0.25, 0.3) is 0 Å². The Labute approximate surface area is 131 Å². The fourth-order valence-electron chi connectivity index (χ4n) is 3.55. The molecule has 1 aromatic rings. The zero-order valence-electron chi connectivity index (χ0n) is 12.4. The van der Waals surface area contributed by atoms with Crippen LogP contribution in [0.15, 0.2) is 24.3 Å². The molecular formula is C17H23ClN2O. The fraction of sp³-hybridized carbons (Fsp3) is 0.588. The van der Waals surface area contributed by atoms with E-state index in [1.54, 1.807) is 0 Å². The molecule has 0 bridgehead atoms. The predicted molar refractivity (Wildman–Crippen MR) is 85.5 cm³/mol. The van der Waals surface area contributed by atoms with Gasteiger partial charge in [-0.3, -0.25) is 0 Å². The summed E-state index contributed by atoms with van der Waals surface area (Å²) in [5.41, 5.74) is 1.19. The Morgan fingerprint density at radius 1 is 1.05 bits per heavy atom. The highest BCUT2D eigenvalue weighted by Crippen LogP contribution is 2.32. The third-order valence-corrected chi connectivity index (χ3v) is 4.95. The van der Waals surface area contributed by atoms with Gasteiger partial charge in [-0.2, -0.15) is 0 Å². The molecule has 2 aliphatic rings. The van der Waals surface area contributed by atoms with Crippen molar-refractivity contribution in [2.75, 3.05) is 6.54 Å². The van der Waals surface area contributed by atoms with Gasteiger partial charge in [0.2, 0.25) is 0 Å². The van der Waals surface area contributed by atoms with Crippen molar-refractivity contribution in [3.05, 3.63) is 34.9 Å². The summed E-state index contributed by atoms with van der Waals surface area (Å²) in [6, 6.07) is 8.58. The topological polar surface area (TPSA) is 32.3 Å². The van der Waals surface area contributed by atoms with Crippen LogP contribution in [0.25, 0.3) is 0 Å². The molecule has 0 spiro atoms. The van der Waals surface area contributed by atoms with Crippen molar-refractivity contribution < 1.29 is 4.79 Å². The van der Waals surface area contributed by atoms with Gasteiger partial charge in [-0.05, 0) is 43.4 Å². The number of rotatable bonds is 2. The van der Waals surface area contributed by atoms with E-state index in [0.717, 1.165) is 37.3 Å². The smallest absolute Gasteiger partial charge is 0.318 e. The SMILES string of the molecule is O=C(NC1CCCCC1)N1CCC[C@@H]1c1ccc(Cl)cc1. The van der Waals surface area contributed by atoms with E-state index in [1.807, 2.05) is 29.2 Å². The molecule has 3 nitrogen and oxygen atoms in total. The van der Waals surface area contributed by atoms with Gasteiger partial charge in [-0.25, -0.2) is 4.79 Å². The maximum Gasteiger partial charge on any atom is 0.318 e. The molecule has 0 aromatic heterocycles. The average molecular weight is 307 g/mol. The molecule has 1 aromatic carbocycles. The summed E-state index contributed by atoms with van der Waals surface area (Å²) in [4.78, 5) is 14.6. The van der Waals surface area contributed by atoms with E-state index in [0.29, 0.717) is 6.04 Å². The van der Waals surface area contributed by atoms with Crippen molar-refractivity contribution >= 4 is 17.6 Å². The first-order valence-electron chi connectivity index (χ1n) is 8.06. The first-order chi connectivity index (χ1) is 10.2. The molecule has 0 unspecified atom stereocenters. The van der Waals surface area contributed by atoms with E-state index >= 15 is 0 Å². The molecule has 1 aliphatic heterocycles. The molecule has 3 rings (SSSR count). The molecule has 1 saturated heterocycles. The maximum atomic E-state index is 12.6. The first kappa shape index (κ1) is 14.7. The summed E-state index contributed by atoms with van der Waals surface area (Å²) in [5.74, 6) is 0. The Balaban J connectivity index is 1.65. The lowest BCUT2D eigenvalue weighted by Gasteiger charge is -2.29. The zero-order chi connectivity index (χ0) is 14.7. The number of urea groups is 1. The number of nitrogens with zero attached hydrogens (tertiary/aromatic N) is 1. The summed E-state index contributed by atoms with van der Waals surface area (Å²) in [5, 5.41) is 3.98. The summed E-state index contributed by atoms with van der Waals surface area (Å²) in [6.45, 7) is 0.853. The molecular weight excluding hydrogens is 284 g/mol. The number of halogens is 1. The molecule has 1 atom stereocenters. The van der Waals surface area contributed by atoms with E-state index in [-0.39, 0.29) is 12.1 Å². The minimum absolute atomic E-state index is 0.111. The number of carbonyl (C=O) groups is 1. The van der Waals surface area contributed by atoms with Gasteiger partial charge in [-0.1, -0.05) is 43.0 Å². The van der Waals surface area contributed by atoms with Crippen molar-refractivity contribution in [2.24, 2.45) is 0 Å². The largest absolute Gasteiger partial charge is 0.335 e. The number of nitrogens with one attached hydrogen (secondary N) is 1. The second-order valence-electron chi connectivity index (χ2n) is 6.19. The van der Waals surface area contributed by atoms with Crippen LogP contribution in [-0.2, 0) is 0 Å². The Kier molecular flexibility index (Phi) is 4.69. The summed E-state index contributed by atoms with van der Waals surface area (Å²) < 4.78 is 0. The molecule has 1 N–H and O–H groups in total. The Morgan fingerprint density at radius 2 is 1.76 bits per heavy atom. The minimum Gasteiger partial charge on any atom is -0.335 e. The zero-order valence-corrected chi connectivity index (χ0v) is 13.1. The molecule has 21 heavy (non-hydrogen) atoms. The van der Waals surface area contributed by atoms with Crippen molar-refractivity contribution in [1.29, 1.82) is 0 Å². The van der Waals surface area contributed by atoms with Gasteiger partial charge in [0.05, 0.1) is 6.04 Å². The average Bonchev–Trinajstić information content (AvgIpc) is 2.98. The number of hydrogen-bond acceptors (Lipinski definition) is 1. The predicted octanol–water partition coefficient (Wildman–Crippen LogP) is 4.52. The van der Waals surface area contributed by atoms with Crippen LogP contribution in [-0.4, -0.2) is 23.5 Å². The lowest BCUT2D eigenvalue weighted by Crippen LogP contribution is -2.45. The van der Waals surface area contributed by atoms with Gasteiger partial charge >= 0.3 is 6.03 Å². The van der Waals surface area contributed by atoms with Gasteiger partial charge in [0.15, 0.2) is 0 Å². The minimum atomic E-state index is 0.111. The van der Waals surface area contributed by atoms with Crippen LogP contribution in [0.1, 0.15) is 56.6 Å². The lowest BCUT2D eigenvalue weighted by atomic mass is 9.96. The Hall–Kier alpha value is -1.22. The maximum absolute atomic E-state index is 12.6. The number of likely N-dealkylation sites (tertiary alicyclic amines) is 1. The summed E-state index contributed by atoms with van der Waals surface area (Å²) in [6.07, 6.45) is 8.17. The highest BCUT2D eigenvalue weighted by molar-refractivity contribution is 6.30. The van der Waals surface area contributed by atoms with E-state index < -0.39 is 0 Å². The van der Waals surface area contributed by atoms with Gasteiger partial charge in [0.1, 0.15) is 0 Å². The Morgan fingerprint density at radius 3 is 2.48 bits per heavy atom. The van der Waals surface area contributed by atoms with E-state index in [1.165, 1.54) is 24.8 Å². The van der Waals surface area contributed by atoms with Crippen molar-refractivity contribution in [3.8, 4) is 0 Å².